The Morgan fingerprint density at radius 1 is 1.57 bits per heavy atom. The molecule has 0 radical (unpaired) electrons. The van der Waals surface area contributed by atoms with Crippen LogP contribution in [0.5, 0.6) is 0 Å². The molecule has 4 nitrogen and oxygen atoms in total. The van der Waals surface area contributed by atoms with Crippen molar-refractivity contribution in [2.75, 3.05) is 0 Å². The van der Waals surface area contributed by atoms with Crippen LogP contribution in [-0.2, 0) is 4.79 Å². The molecule has 1 rings (SSSR count). The fourth-order valence-corrected chi connectivity index (χ4v) is 1.57. The highest BCUT2D eigenvalue weighted by Gasteiger charge is 2.36. The Morgan fingerprint density at radius 2 is 2.14 bits per heavy atom. The molecule has 0 aromatic carbocycles. The van der Waals surface area contributed by atoms with Crippen LogP contribution in [0.4, 0.5) is 0 Å². The van der Waals surface area contributed by atoms with E-state index in [1.54, 1.807) is 0 Å². The fraction of sp³-hybridized carbons (Fsp3) is 0.286. The Kier molecular flexibility index (Phi) is 3.19. The highest BCUT2D eigenvalue weighted by Crippen LogP contribution is 2.34. The monoisotopic (exact) mass is 255 g/mol. The minimum absolute atomic E-state index is 0.405. The van der Waals surface area contributed by atoms with Crippen LogP contribution in [0.25, 0.3) is 0 Å². The van der Waals surface area contributed by atoms with Gasteiger partial charge in [0.1, 0.15) is 5.92 Å². The van der Waals surface area contributed by atoms with Gasteiger partial charge in [-0.2, -0.15) is 0 Å². The predicted octanol–water partition coefficient (Wildman–Crippen LogP) is 2.27. The first kappa shape index (κ1) is 11.5. The van der Waals surface area contributed by atoms with Gasteiger partial charge in [-0.15, -0.1) is 0 Å². The molecule has 1 atom stereocenters. The number of nitro groups is 1. The van der Waals surface area contributed by atoms with Crippen molar-refractivity contribution in [3.8, 4) is 0 Å². The van der Waals surface area contributed by atoms with Crippen molar-refractivity contribution in [3.05, 3.63) is 34.0 Å². The molecule has 0 saturated carbocycles. The van der Waals surface area contributed by atoms with Gasteiger partial charge >= 0.3 is 0 Å². The molecule has 0 bridgehead atoms. The van der Waals surface area contributed by atoms with E-state index in [2.05, 4.69) is 0 Å². The predicted molar refractivity (Wildman–Crippen MR) is 53.0 cm³/mol. The van der Waals surface area contributed by atoms with Gasteiger partial charge in [0.15, 0.2) is 4.33 Å². The Balaban J connectivity index is 3.10. The summed E-state index contributed by atoms with van der Waals surface area (Å²) in [6.07, 6.45) is 3.47. The zero-order chi connectivity index (χ0) is 10.9. The van der Waals surface area contributed by atoms with E-state index in [4.69, 9.17) is 34.8 Å². The van der Waals surface area contributed by atoms with Gasteiger partial charge in [-0.1, -0.05) is 29.3 Å². The first-order valence-electron chi connectivity index (χ1n) is 3.47. The lowest BCUT2D eigenvalue weighted by Gasteiger charge is -2.16. The zero-order valence-electron chi connectivity index (χ0n) is 6.62. The molecule has 0 heterocycles. The van der Waals surface area contributed by atoms with Crippen LogP contribution in [0.1, 0.15) is 0 Å². The van der Waals surface area contributed by atoms with Crippen LogP contribution in [0.3, 0.4) is 0 Å². The summed E-state index contributed by atoms with van der Waals surface area (Å²) in [5, 5.41) is 9.69. The van der Waals surface area contributed by atoms with Crippen molar-refractivity contribution in [3.63, 3.8) is 0 Å². The number of allylic oxidation sites excluding steroid dienone is 3. The number of hydrogen-bond donors (Lipinski definition) is 0. The van der Waals surface area contributed by atoms with E-state index < -0.39 is 26.1 Å². The van der Waals surface area contributed by atoms with Gasteiger partial charge in [-0.25, -0.2) is 0 Å². The lowest BCUT2D eigenvalue weighted by molar-refractivity contribution is -0.430. The molecule has 76 valence electrons. The molecule has 1 aliphatic carbocycles. The first-order valence-corrected chi connectivity index (χ1v) is 4.60. The normalized spacial score (nSPS) is 24.2. The Labute approximate surface area is 94.3 Å². The summed E-state index contributed by atoms with van der Waals surface area (Å²) < 4.78 is -1.45. The average molecular weight is 256 g/mol. The van der Waals surface area contributed by atoms with Crippen LogP contribution < -0.4 is 0 Å². The van der Waals surface area contributed by atoms with Crippen LogP contribution in [0.2, 0.25) is 0 Å². The Hall–Kier alpha value is -0.580. The minimum Gasteiger partial charge on any atom is -0.280 e. The summed E-state index contributed by atoms with van der Waals surface area (Å²) in [5.41, 5.74) is -0.405. The number of carbonyl (C=O) groups is 1. The smallest absolute Gasteiger partial charge is 0.261 e. The van der Waals surface area contributed by atoms with Gasteiger partial charge in [0, 0.05) is 6.08 Å². The van der Waals surface area contributed by atoms with Crippen molar-refractivity contribution in [2.24, 2.45) is 5.92 Å². The maximum Gasteiger partial charge on any atom is 0.261 e. The molecule has 0 fully saturated rings. The van der Waals surface area contributed by atoms with Crippen molar-refractivity contribution in [1.29, 1.82) is 0 Å². The number of carbonyl (C=O) groups excluding carboxylic acids is 1. The minimum atomic E-state index is -1.45. The summed E-state index contributed by atoms with van der Waals surface area (Å²) in [7, 11) is 0. The van der Waals surface area contributed by atoms with Crippen LogP contribution in [-0.4, -0.2) is 14.5 Å². The van der Waals surface area contributed by atoms with Gasteiger partial charge in [-0.3, -0.25) is 14.9 Å². The molecule has 7 heteroatoms. The lowest BCUT2D eigenvalue weighted by Crippen LogP contribution is -2.23. The fourth-order valence-electron chi connectivity index (χ4n) is 1.02. The maximum absolute atomic E-state index is 10.8. The molecule has 0 spiro atoms. The van der Waals surface area contributed by atoms with Gasteiger partial charge in [0.05, 0.1) is 4.92 Å². The quantitative estimate of drug-likeness (QED) is 0.250. The summed E-state index contributed by atoms with van der Waals surface area (Å²) >= 11 is 16.4. The third kappa shape index (κ3) is 2.47. The molecule has 0 aromatic heterocycles. The highest BCUT2D eigenvalue weighted by atomic mass is 35.5. The lowest BCUT2D eigenvalue weighted by atomic mass is 10.0. The zero-order valence-corrected chi connectivity index (χ0v) is 8.88. The van der Waals surface area contributed by atoms with Crippen LogP contribution in [0, 0.1) is 16.0 Å². The molecule has 0 aliphatic heterocycles. The second kappa shape index (κ2) is 3.88. The van der Waals surface area contributed by atoms with E-state index in [-0.39, 0.29) is 0 Å². The summed E-state index contributed by atoms with van der Waals surface area (Å²) in [6.45, 7) is 0. The molecule has 0 N–H and O–H groups in total. The molecule has 14 heavy (non-hydrogen) atoms. The highest BCUT2D eigenvalue weighted by molar-refractivity contribution is 6.64. The average Bonchev–Trinajstić information content (AvgIpc) is 2.01. The summed E-state index contributed by atoms with van der Waals surface area (Å²) in [5.74, 6) is -1.09. The van der Waals surface area contributed by atoms with Gasteiger partial charge in [0.2, 0.25) is 5.24 Å². The van der Waals surface area contributed by atoms with Crippen LogP contribution >= 0.6 is 34.8 Å². The number of alkyl halides is 2. The number of nitrogens with zero attached hydrogens (tertiary/aromatic N) is 1. The van der Waals surface area contributed by atoms with Gasteiger partial charge < -0.3 is 0 Å². The third-order valence-corrected chi connectivity index (χ3v) is 2.33. The molecule has 0 saturated heterocycles. The van der Waals surface area contributed by atoms with E-state index >= 15 is 0 Å². The topological polar surface area (TPSA) is 60.2 Å². The molecule has 1 aliphatic rings. The van der Waals surface area contributed by atoms with Crippen LogP contribution in [0.15, 0.2) is 23.9 Å². The van der Waals surface area contributed by atoms with Crippen molar-refractivity contribution in [1.82, 2.24) is 0 Å². The van der Waals surface area contributed by atoms with E-state index in [1.165, 1.54) is 12.2 Å². The van der Waals surface area contributed by atoms with E-state index in [0.717, 1.165) is 6.08 Å². The Bertz CT molecular complexity index is 348. The van der Waals surface area contributed by atoms with Gasteiger partial charge in [-0.05, 0) is 17.7 Å². The molecule has 1 unspecified atom stereocenters. The standard InChI is InChI=1S/C7H4Cl3NO3/c8-6(12)4-1-2-7(9,10)3-5(4)11(13)14/h1-4H. The first-order chi connectivity index (χ1) is 6.33. The van der Waals surface area contributed by atoms with Crippen molar-refractivity contribution >= 4 is 40.0 Å². The second-order valence-electron chi connectivity index (χ2n) is 2.64. The molecular formula is C7H4Cl3NO3. The number of halogens is 3. The Morgan fingerprint density at radius 3 is 2.57 bits per heavy atom. The molecule has 0 amide bonds. The number of rotatable bonds is 2. The van der Waals surface area contributed by atoms with Crippen molar-refractivity contribution in [2.45, 2.75) is 4.33 Å². The summed E-state index contributed by atoms with van der Waals surface area (Å²) in [6, 6.07) is 0. The van der Waals surface area contributed by atoms with E-state index in [0.29, 0.717) is 0 Å². The second-order valence-corrected chi connectivity index (χ2v) is 4.46. The largest absolute Gasteiger partial charge is 0.280 e. The molecule has 0 aromatic rings. The third-order valence-electron chi connectivity index (χ3n) is 1.63. The van der Waals surface area contributed by atoms with Crippen molar-refractivity contribution < 1.29 is 9.72 Å². The maximum atomic E-state index is 10.8. The van der Waals surface area contributed by atoms with E-state index in [9.17, 15) is 14.9 Å². The summed E-state index contributed by atoms with van der Waals surface area (Å²) in [4.78, 5) is 20.6. The SMILES string of the molecule is O=C(Cl)C1C=CC(Cl)(Cl)C=C1[N+](=O)[O-]. The number of hydrogen-bond acceptors (Lipinski definition) is 3. The van der Waals surface area contributed by atoms with Gasteiger partial charge in [0.25, 0.3) is 5.70 Å². The van der Waals surface area contributed by atoms with E-state index in [1.807, 2.05) is 0 Å². The molecular weight excluding hydrogens is 252 g/mol.